The van der Waals surface area contributed by atoms with E-state index in [4.69, 9.17) is 4.74 Å². The number of aromatic nitrogens is 2. The zero-order valence-electron chi connectivity index (χ0n) is 13.5. The fourth-order valence-electron chi connectivity index (χ4n) is 2.79. The molecule has 1 aromatic heterocycles. The quantitative estimate of drug-likeness (QED) is 0.872. The molecule has 1 aliphatic heterocycles. The van der Waals surface area contributed by atoms with Gasteiger partial charge >= 0.3 is 0 Å². The van der Waals surface area contributed by atoms with Gasteiger partial charge in [-0.2, -0.15) is 5.10 Å². The Kier molecular flexibility index (Phi) is 5.93. The van der Waals surface area contributed by atoms with Crippen molar-refractivity contribution in [2.24, 2.45) is 0 Å². The van der Waals surface area contributed by atoms with Crippen molar-refractivity contribution >= 4 is 18.3 Å². The summed E-state index contributed by atoms with van der Waals surface area (Å²) in [4.78, 5) is 12.5. The van der Waals surface area contributed by atoms with Crippen molar-refractivity contribution in [3.8, 4) is 5.69 Å². The van der Waals surface area contributed by atoms with Crippen molar-refractivity contribution in [2.45, 2.75) is 19.1 Å². The molecule has 3 rings (SSSR count). The molecule has 0 aliphatic carbocycles. The van der Waals surface area contributed by atoms with E-state index < -0.39 is 0 Å². The van der Waals surface area contributed by atoms with Crippen LogP contribution in [0.1, 0.15) is 16.1 Å². The summed E-state index contributed by atoms with van der Waals surface area (Å²) in [7, 11) is 1.62. The van der Waals surface area contributed by atoms with Gasteiger partial charge in [-0.25, -0.2) is 9.07 Å². The van der Waals surface area contributed by atoms with E-state index >= 15 is 0 Å². The lowest BCUT2D eigenvalue weighted by molar-refractivity contribution is 0.0779. The monoisotopic (exact) mass is 354 g/mol. The van der Waals surface area contributed by atoms with E-state index in [-0.39, 0.29) is 36.3 Å². The zero-order chi connectivity index (χ0) is 16.4. The second-order valence-corrected chi connectivity index (χ2v) is 5.52. The maximum absolute atomic E-state index is 13.9. The molecule has 1 fully saturated rings. The van der Waals surface area contributed by atoms with Gasteiger partial charge in [-0.15, -0.1) is 12.4 Å². The van der Waals surface area contributed by atoms with Crippen molar-refractivity contribution in [1.29, 1.82) is 0 Å². The molecule has 1 aromatic carbocycles. The van der Waals surface area contributed by atoms with Gasteiger partial charge in [0, 0.05) is 20.2 Å². The van der Waals surface area contributed by atoms with Gasteiger partial charge in [-0.05, 0) is 19.1 Å². The molecule has 2 atom stereocenters. The lowest BCUT2D eigenvalue weighted by atomic mass is 10.2. The highest BCUT2D eigenvalue weighted by atomic mass is 35.5. The van der Waals surface area contributed by atoms with Gasteiger partial charge in [0.25, 0.3) is 5.91 Å². The number of methoxy groups -OCH3 is 1. The normalized spacial score (nSPS) is 19.8. The molecule has 2 N–H and O–H groups in total. The number of para-hydroxylation sites is 1. The minimum absolute atomic E-state index is 0. The first-order valence-electron chi connectivity index (χ1n) is 7.45. The number of hydrogen-bond acceptors (Lipinski definition) is 4. The molecule has 2 unspecified atom stereocenters. The molecule has 0 bridgehead atoms. The molecule has 24 heavy (non-hydrogen) atoms. The molecular weight excluding hydrogens is 335 g/mol. The number of benzene rings is 1. The predicted molar refractivity (Wildman–Crippen MR) is 90.4 cm³/mol. The standard InChI is InChI=1S/C16H19FN4O2.ClH/c1-10-11(16(22)20-13-8-18-9-15(13)23-2)7-19-21(10)14-6-4-3-5-12(14)17;/h3-7,13,15,18H,8-9H2,1-2H3,(H,20,22);1H. The van der Waals surface area contributed by atoms with Gasteiger partial charge in [-0.3, -0.25) is 4.79 Å². The molecule has 1 amide bonds. The summed E-state index contributed by atoms with van der Waals surface area (Å²) in [5.74, 6) is -0.620. The molecule has 0 spiro atoms. The SMILES string of the molecule is COC1CNCC1NC(=O)c1cnn(-c2ccccc2F)c1C.Cl. The molecule has 2 aromatic rings. The van der Waals surface area contributed by atoms with Crippen molar-refractivity contribution in [3.05, 3.63) is 47.5 Å². The Hall–Kier alpha value is -1.96. The summed E-state index contributed by atoms with van der Waals surface area (Å²) >= 11 is 0. The van der Waals surface area contributed by atoms with E-state index in [0.29, 0.717) is 30.0 Å². The van der Waals surface area contributed by atoms with Gasteiger partial charge in [0.1, 0.15) is 11.5 Å². The average molecular weight is 355 g/mol. The Labute approximate surface area is 145 Å². The van der Waals surface area contributed by atoms with Crippen LogP contribution in [0.15, 0.2) is 30.5 Å². The number of carbonyl (C=O) groups is 1. The van der Waals surface area contributed by atoms with Crippen LogP contribution in [0.3, 0.4) is 0 Å². The van der Waals surface area contributed by atoms with Gasteiger partial charge < -0.3 is 15.4 Å². The number of halogens is 2. The molecule has 0 saturated carbocycles. The van der Waals surface area contributed by atoms with Crippen LogP contribution in [0.25, 0.3) is 5.69 Å². The van der Waals surface area contributed by atoms with E-state index in [9.17, 15) is 9.18 Å². The number of amides is 1. The van der Waals surface area contributed by atoms with Crippen molar-refractivity contribution < 1.29 is 13.9 Å². The lowest BCUT2D eigenvalue weighted by Gasteiger charge is -2.18. The van der Waals surface area contributed by atoms with Crippen LogP contribution in [0.2, 0.25) is 0 Å². The Morgan fingerprint density at radius 3 is 2.88 bits per heavy atom. The van der Waals surface area contributed by atoms with Crippen molar-refractivity contribution in [1.82, 2.24) is 20.4 Å². The molecular formula is C16H20ClFN4O2. The fraction of sp³-hybridized carbons (Fsp3) is 0.375. The first-order valence-corrected chi connectivity index (χ1v) is 7.45. The van der Waals surface area contributed by atoms with E-state index in [1.165, 1.54) is 16.9 Å². The summed E-state index contributed by atoms with van der Waals surface area (Å²) in [6, 6.07) is 6.24. The molecule has 8 heteroatoms. The number of nitrogens with one attached hydrogen (secondary N) is 2. The molecule has 1 saturated heterocycles. The summed E-state index contributed by atoms with van der Waals surface area (Å²) in [6.45, 7) is 3.11. The highest BCUT2D eigenvalue weighted by Crippen LogP contribution is 2.17. The Morgan fingerprint density at radius 1 is 1.42 bits per heavy atom. The van der Waals surface area contributed by atoms with Crippen LogP contribution in [0.4, 0.5) is 4.39 Å². The summed E-state index contributed by atoms with van der Waals surface area (Å²) in [5.41, 5.74) is 1.34. The maximum atomic E-state index is 13.9. The average Bonchev–Trinajstić information content (AvgIpc) is 3.14. The first-order chi connectivity index (χ1) is 11.1. The highest BCUT2D eigenvalue weighted by Gasteiger charge is 2.29. The topological polar surface area (TPSA) is 68.2 Å². The second-order valence-electron chi connectivity index (χ2n) is 5.52. The van der Waals surface area contributed by atoms with E-state index in [1.54, 1.807) is 32.2 Å². The van der Waals surface area contributed by atoms with Crippen LogP contribution >= 0.6 is 12.4 Å². The molecule has 2 heterocycles. The van der Waals surface area contributed by atoms with E-state index in [2.05, 4.69) is 15.7 Å². The first kappa shape index (κ1) is 18.4. The van der Waals surface area contributed by atoms with Gasteiger partial charge in [0.05, 0.1) is 29.6 Å². The number of hydrogen-bond donors (Lipinski definition) is 2. The fourth-order valence-corrected chi connectivity index (χ4v) is 2.79. The number of carbonyl (C=O) groups excluding carboxylic acids is 1. The lowest BCUT2D eigenvalue weighted by Crippen LogP contribution is -2.43. The Balaban J connectivity index is 0.00000208. The summed E-state index contributed by atoms with van der Waals surface area (Å²) < 4.78 is 20.7. The minimum Gasteiger partial charge on any atom is -0.378 e. The number of nitrogens with zero attached hydrogens (tertiary/aromatic N) is 2. The largest absolute Gasteiger partial charge is 0.378 e. The van der Waals surface area contributed by atoms with Gasteiger partial charge in [0.2, 0.25) is 0 Å². The smallest absolute Gasteiger partial charge is 0.255 e. The molecule has 1 aliphatic rings. The third-order valence-corrected chi connectivity index (χ3v) is 4.11. The van der Waals surface area contributed by atoms with Crippen LogP contribution in [-0.4, -0.2) is 48.0 Å². The Bertz CT molecular complexity index is 722. The number of rotatable bonds is 4. The maximum Gasteiger partial charge on any atom is 0.255 e. The van der Waals surface area contributed by atoms with Gasteiger partial charge in [-0.1, -0.05) is 12.1 Å². The van der Waals surface area contributed by atoms with Crippen molar-refractivity contribution in [3.63, 3.8) is 0 Å². The summed E-state index contributed by atoms with van der Waals surface area (Å²) in [6.07, 6.45) is 1.40. The third-order valence-electron chi connectivity index (χ3n) is 4.11. The van der Waals surface area contributed by atoms with Crippen LogP contribution in [0, 0.1) is 12.7 Å². The molecule has 6 nitrogen and oxygen atoms in total. The van der Waals surface area contributed by atoms with Crippen molar-refractivity contribution in [2.75, 3.05) is 20.2 Å². The van der Waals surface area contributed by atoms with Crippen LogP contribution < -0.4 is 10.6 Å². The molecule has 0 radical (unpaired) electrons. The zero-order valence-corrected chi connectivity index (χ0v) is 14.3. The van der Waals surface area contributed by atoms with Gasteiger partial charge in [0.15, 0.2) is 0 Å². The van der Waals surface area contributed by atoms with Crippen LogP contribution in [0.5, 0.6) is 0 Å². The Morgan fingerprint density at radius 2 is 2.17 bits per heavy atom. The summed E-state index contributed by atoms with van der Waals surface area (Å²) in [5, 5.41) is 10.3. The second kappa shape index (κ2) is 7.74. The minimum atomic E-state index is -0.384. The van der Waals surface area contributed by atoms with E-state index in [0.717, 1.165) is 0 Å². The van der Waals surface area contributed by atoms with Crippen LogP contribution in [-0.2, 0) is 4.74 Å². The molecule has 130 valence electrons. The third kappa shape index (κ3) is 3.43. The van der Waals surface area contributed by atoms with E-state index in [1.807, 2.05) is 0 Å². The highest BCUT2D eigenvalue weighted by molar-refractivity contribution is 5.95. The predicted octanol–water partition coefficient (Wildman–Crippen LogP) is 1.46. The number of ether oxygens (including phenoxy) is 1.